The number of halogens is 1. The molecule has 0 bridgehead atoms. The molecule has 2 heterocycles. The Bertz CT molecular complexity index is 1360. The zero-order valence-electron chi connectivity index (χ0n) is 21.8. The highest BCUT2D eigenvalue weighted by atomic mass is 35.5. The molecular formula is C30H32ClN7O. The molecule has 0 atom stereocenters. The molecule has 2 aliphatic rings. The number of piperazine rings is 1. The molecule has 4 aromatic rings. The first-order chi connectivity index (χ1) is 19.1. The molecule has 200 valence electrons. The summed E-state index contributed by atoms with van der Waals surface area (Å²) in [5.41, 5.74) is 2.73. The van der Waals surface area contributed by atoms with E-state index in [9.17, 15) is 4.79 Å². The van der Waals surface area contributed by atoms with E-state index in [0.29, 0.717) is 23.8 Å². The summed E-state index contributed by atoms with van der Waals surface area (Å²) in [6, 6.07) is 27.9. The van der Waals surface area contributed by atoms with Gasteiger partial charge < -0.3 is 10.2 Å². The molecule has 39 heavy (non-hydrogen) atoms. The van der Waals surface area contributed by atoms with Gasteiger partial charge in [-0.05, 0) is 52.6 Å². The molecule has 0 unspecified atom stereocenters. The summed E-state index contributed by atoms with van der Waals surface area (Å²) < 4.78 is 2.04. The molecule has 0 radical (unpaired) electrons. The Morgan fingerprint density at radius 2 is 1.49 bits per heavy atom. The van der Waals surface area contributed by atoms with E-state index in [1.807, 2.05) is 33.8 Å². The summed E-state index contributed by atoms with van der Waals surface area (Å²) in [5, 5.41) is 17.1. The Morgan fingerprint density at radius 1 is 0.846 bits per heavy atom. The average molecular weight is 542 g/mol. The second kappa shape index (κ2) is 11.2. The lowest BCUT2D eigenvalue weighted by atomic mass is 9.91. The number of anilines is 1. The molecular weight excluding hydrogens is 510 g/mol. The SMILES string of the molecule is O=C(Nc1cccc(Cl)c1)N1CCN(C2(c3nnnn3C(c3ccccc3)c3ccccc3)CCCC2)CC1. The molecule has 6 rings (SSSR count). The average Bonchev–Trinajstić information content (AvgIpc) is 3.66. The zero-order valence-corrected chi connectivity index (χ0v) is 22.5. The number of hydrogen-bond donors (Lipinski definition) is 1. The standard InChI is InChI=1S/C30H32ClN7O/c31-25-14-9-15-26(22-25)32-29(39)36-18-20-37(21-19-36)30(16-7-8-17-30)28-33-34-35-38(28)27(23-10-3-1-4-11-23)24-12-5-2-6-13-24/h1-6,9-15,22,27H,7-8,16-21H2,(H,32,39). The van der Waals surface area contributed by atoms with Gasteiger partial charge in [-0.3, -0.25) is 4.90 Å². The molecule has 1 aromatic heterocycles. The molecule has 1 aliphatic heterocycles. The highest BCUT2D eigenvalue weighted by Crippen LogP contribution is 2.44. The van der Waals surface area contributed by atoms with Crippen molar-refractivity contribution >= 4 is 23.3 Å². The summed E-state index contributed by atoms with van der Waals surface area (Å²) in [7, 11) is 0. The van der Waals surface area contributed by atoms with Gasteiger partial charge >= 0.3 is 6.03 Å². The van der Waals surface area contributed by atoms with Crippen LogP contribution in [0.5, 0.6) is 0 Å². The quantitative estimate of drug-likeness (QED) is 0.344. The van der Waals surface area contributed by atoms with Crippen LogP contribution in [0.15, 0.2) is 84.9 Å². The van der Waals surface area contributed by atoms with E-state index in [0.717, 1.165) is 55.7 Å². The van der Waals surface area contributed by atoms with Gasteiger partial charge in [0.15, 0.2) is 5.82 Å². The number of amides is 2. The summed E-state index contributed by atoms with van der Waals surface area (Å²) in [4.78, 5) is 17.4. The fourth-order valence-electron chi connectivity index (χ4n) is 6.17. The second-order valence-electron chi connectivity index (χ2n) is 10.3. The topological polar surface area (TPSA) is 79.2 Å². The predicted octanol–water partition coefficient (Wildman–Crippen LogP) is 5.58. The molecule has 0 spiro atoms. The number of nitrogens with zero attached hydrogens (tertiary/aromatic N) is 6. The van der Waals surface area contributed by atoms with Crippen LogP contribution in [0.1, 0.15) is 48.7 Å². The Kier molecular flexibility index (Phi) is 7.30. The first kappa shape index (κ1) is 25.5. The van der Waals surface area contributed by atoms with Crippen LogP contribution in [-0.4, -0.2) is 62.2 Å². The van der Waals surface area contributed by atoms with Crippen LogP contribution in [0.25, 0.3) is 0 Å². The molecule has 2 fully saturated rings. The number of aromatic nitrogens is 4. The van der Waals surface area contributed by atoms with Crippen LogP contribution in [-0.2, 0) is 5.54 Å². The normalized spacial score (nSPS) is 17.4. The maximum absolute atomic E-state index is 13.0. The lowest BCUT2D eigenvalue weighted by Crippen LogP contribution is -2.57. The van der Waals surface area contributed by atoms with Crippen molar-refractivity contribution in [3.05, 3.63) is 107 Å². The van der Waals surface area contributed by atoms with Crippen LogP contribution in [0, 0.1) is 0 Å². The molecule has 2 amide bonds. The first-order valence-corrected chi connectivity index (χ1v) is 14.0. The minimum absolute atomic E-state index is 0.101. The van der Waals surface area contributed by atoms with Crippen LogP contribution in [0.4, 0.5) is 10.5 Å². The van der Waals surface area contributed by atoms with Gasteiger partial charge in [0.25, 0.3) is 0 Å². The number of carbonyl (C=O) groups is 1. The molecule has 1 aliphatic carbocycles. The van der Waals surface area contributed by atoms with Gasteiger partial charge in [-0.15, -0.1) is 5.10 Å². The van der Waals surface area contributed by atoms with E-state index in [-0.39, 0.29) is 17.6 Å². The highest BCUT2D eigenvalue weighted by molar-refractivity contribution is 6.30. The Balaban J connectivity index is 1.26. The third-order valence-corrected chi connectivity index (χ3v) is 8.30. The summed E-state index contributed by atoms with van der Waals surface area (Å²) >= 11 is 6.09. The largest absolute Gasteiger partial charge is 0.322 e. The lowest BCUT2D eigenvalue weighted by Gasteiger charge is -2.45. The van der Waals surface area contributed by atoms with E-state index < -0.39 is 0 Å². The molecule has 9 heteroatoms. The van der Waals surface area contributed by atoms with E-state index >= 15 is 0 Å². The summed E-state index contributed by atoms with van der Waals surface area (Å²) in [6.45, 7) is 2.79. The smallest absolute Gasteiger partial charge is 0.321 e. The van der Waals surface area contributed by atoms with Crippen molar-refractivity contribution in [2.75, 3.05) is 31.5 Å². The van der Waals surface area contributed by atoms with Gasteiger partial charge in [-0.1, -0.05) is 91.2 Å². The summed E-state index contributed by atoms with van der Waals surface area (Å²) in [6.07, 6.45) is 4.25. The Morgan fingerprint density at radius 3 is 2.10 bits per heavy atom. The van der Waals surface area contributed by atoms with Gasteiger partial charge in [-0.25, -0.2) is 9.48 Å². The monoisotopic (exact) mass is 541 g/mol. The number of nitrogens with one attached hydrogen (secondary N) is 1. The second-order valence-corrected chi connectivity index (χ2v) is 10.8. The fourth-order valence-corrected chi connectivity index (χ4v) is 6.36. The summed E-state index contributed by atoms with van der Waals surface area (Å²) in [5.74, 6) is 0.912. The molecule has 3 aromatic carbocycles. The van der Waals surface area contributed by atoms with Gasteiger partial charge in [0.05, 0.1) is 5.54 Å². The van der Waals surface area contributed by atoms with Crippen molar-refractivity contribution in [2.45, 2.75) is 37.3 Å². The van der Waals surface area contributed by atoms with E-state index in [1.165, 1.54) is 0 Å². The van der Waals surface area contributed by atoms with E-state index in [1.54, 1.807) is 12.1 Å². The van der Waals surface area contributed by atoms with Crippen molar-refractivity contribution in [1.29, 1.82) is 0 Å². The van der Waals surface area contributed by atoms with Gasteiger partial charge in [0.2, 0.25) is 0 Å². The number of hydrogen-bond acceptors (Lipinski definition) is 5. The van der Waals surface area contributed by atoms with Crippen molar-refractivity contribution in [2.24, 2.45) is 0 Å². The minimum Gasteiger partial charge on any atom is -0.322 e. The third-order valence-electron chi connectivity index (χ3n) is 8.06. The molecule has 1 N–H and O–H groups in total. The predicted molar refractivity (Wildman–Crippen MR) is 152 cm³/mol. The van der Waals surface area contributed by atoms with Gasteiger partial charge in [0, 0.05) is 36.9 Å². The Hall–Kier alpha value is -3.75. The van der Waals surface area contributed by atoms with Crippen LogP contribution >= 0.6 is 11.6 Å². The van der Waals surface area contributed by atoms with Crippen LogP contribution in [0.3, 0.4) is 0 Å². The number of rotatable bonds is 6. The van der Waals surface area contributed by atoms with E-state index in [2.05, 4.69) is 69.2 Å². The maximum atomic E-state index is 13.0. The van der Waals surface area contributed by atoms with Crippen LogP contribution < -0.4 is 5.32 Å². The highest BCUT2D eigenvalue weighted by Gasteiger charge is 2.47. The molecule has 1 saturated carbocycles. The number of carbonyl (C=O) groups excluding carboxylic acids is 1. The Labute approximate surface area is 233 Å². The molecule has 1 saturated heterocycles. The van der Waals surface area contributed by atoms with Crippen molar-refractivity contribution in [1.82, 2.24) is 30.0 Å². The first-order valence-electron chi connectivity index (χ1n) is 13.6. The number of urea groups is 1. The number of benzene rings is 3. The van der Waals surface area contributed by atoms with Gasteiger partial charge in [0.1, 0.15) is 6.04 Å². The van der Waals surface area contributed by atoms with Crippen molar-refractivity contribution in [3.63, 3.8) is 0 Å². The molecule has 8 nitrogen and oxygen atoms in total. The minimum atomic E-state index is -0.263. The maximum Gasteiger partial charge on any atom is 0.321 e. The lowest BCUT2D eigenvalue weighted by molar-refractivity contribution is 0.0355. The number of tetrazole rings is 1. The van der Waals surface area contributed by atoms with Gasteiger partial charge in [-0.2, -0.15) is 0 Å². The van der Waals surface area contributed by atoms with Crippen molar-refractivity contribution < 1.29 is 4.79 Å². The van der Waals surface area contributed by atoms with Crippen molar-refractivity contribution in [3.8, 4) is 0 Å². The fraction of sp³-hybridized carbons (Fsp3) is 0.333. The van der Waals surface area contributed by atoms with E-state index in [4.69, 9.17) is 16.7 Å². The van der Waals surface area contributed by atoms with Crippen LogP contribution in [0.2, 0.25) is 5.02 Å². The third kappa shape index (κ3) is 5.14. The zero-order chi connectivity index (χ0) is 26.7.